The van der Waals surface area contributed by atoms with Crippen LogP contribution < -0.4 is 10.4 Å². The molecule has 0 unspecified atom stereocenters. The quantitative estimate of drug-likeness (QED) is 0.668. The molecule has 0 radical (unpaired) electrons. The third-order valence-electron chi connectivity index (χ3n) is 2.07. The van der Waals surface area contributed by atoms with E-state index in [0.29, 0.717) is 6.54 Å². The number of hydrazine groups is 1. The van der Waals surface area contributed by atoms with Gasteiger partial charge in [0.25, 0.3) is 0 Å². The van der Waals surface area contributed by atoms with Gasteiger partial charge in [-0.05, 0) is 11.6 Å². The van der Waals surface area contributed by atoms with Crippen LogP contribution in [0.4, 0.5) is 5.69 Å². The Morgan fingerprint density at radius 3 is 3.08 bits per heavy atom. The van der Waals surface area contributed by atoms with Gasteiger partial charge in [-0.2, -0.15) is 0 Å². The highest BCUT2D eigenvalue weighted by Crippen LogP contribution is 2.23. The Hall–Kier alpha value is -1.06. The summed E-state index contributed by atoms with van der Waals surface area (Å²) in [5.74, 6) is 0. The highest BCUT2D eigenvalue weighted by Gasteiger charge is 2.16. The Balaban J connectivity index is 2.24. The van der Waals surface area contributed by atoms with Gasteiger partial charge in [0, 0.05) is 6.54 Å². The van der Waals surface area contributed by atoms with E-state index in [1.165, 1.54) is 11.3 Å². The Bertz CT molecular complexity index is 273. The highest BCUT2D eigenvalue weighted by atomic mass is 16.3. The molecule has 1 aromatic rings. The number of hydrogen-bond acceptors (Lipinski definition) is 3. The number of β-amino-alcohol motifs (C(OH)–C–C–N with tert-alkyl or cyclic N) is 1. The summed E-state index contributed by atoms with van der Waals surface area (Å²) < 4.78 is 0. The minimum absolute atomic E-state index is 0.182. The third kappa shape index (κ3) is 1.17. The van der Waals surface area contributed by atoms with Crippen molar-refractivity contribution in [1.82, 2.24) is 5.43 Å². The first-order valence-corrected chi connectivity index (χ1v) is 4.11. The molecule has 64 valence electrons. The average molecular weight is 164 g/mol. The Labute approximate surface area is 71.6 Å². The molecule has 0 fully saturated rings. The van der Waals surface area contributed by atoms with Gasteiger partial charge in [0.2, 0.25) is 0 Å². The summed E-state index contributed by atoms with van der Waals surface area (Å²) in [7, 11) is 0. The van der Waals surface area contributed by atoms with Crippen molar-refractivity contribution in [3.05, 3.63) is 29.8 Å². The van der Waals surface area contributed by atoms with E-state index < -0.39 is 0 Å². The van der Waals surface area contributed by atoms with Crippen LogP contribution in [0, 0.1) is 0 Å². The van der Waals surface area contributed by atoms with Gasteiger partial charge in [0.15, 0.2) is 0 Å². The van der Waals surface area contributed by atoms with Gasteiger partial charge in [-0.25, -0.2) is 5.43 Å². The predicted molar refractivity (Wildman–Crippen MR) is 47.7 cm³/mol. The van der Waals surface area contributed by atoms with Gasteiger partial charge >= 0.3 is 0 Å². The maximum atomic E-state index is 8.77. The van der Waals surface area contributed by atoms with Crippen LogP contribution in [-0.4, -0.2) is 18.3 Å². The van der Waals surface area contributed by atoms with E-state index in [4.69, 9.17) is 5.11 Å². The first-order valence-electron chi connectivity index (χ1n) is 4.11. The van der Waals surface area contributed by atoms with Crippen LogP contribution >= 0.6 is 0 Å². The maximum Gasteiger partial charge on any atom is 0.0622 e. The number of hydrogen-bond donors (Lipinski definition) is 2. The van der Waals surface area contributed by atoms with E-state index >= 15 is 0 Å². The number of nitrogens with one attached hydrogen (secondary N) is 1. The molecule has 0 saturated heterocycles. The van der Waals surface area contributed by atoms with Gasteiger partial charge in [-0.3, -0.25) is 0 Å². The Kier molecular flexibility index (Phi) is 1.98. The summed E-state index contributed by atoms with van der Waals surface area (Å²) in [5.41, 5.74) is 5.68. The maximum absolute atomic E-state index is 8.77. The summed E-state index contributed by atoms with van der Waals surface area (Å²) in [5, 5.41) is 10.8. The molecule has 1 aromatic carbocycles. The minimum atomic E-state index is 0.182. The van der Waals surface area contributed by atoms with Crippen molar-refractivity contribution in [2.24, 2.45) is 0 Å². The monoisotopic (exact) mass is 164 g/mol. The predicted octanol–water partition coefficient (Wildman–Crippen LogP) is 0.503. The fourth-order valence-electron chi connectivity index (χ4n) is 1.49. The lowest BCUT2D eigenvalue weighted by Gasteiger charge is -2.17. The van der Waals surface area contributed by atoms with Crippen molar-refractivity contribution >= 4 is 5.69 Å². The second-order valence-corrected chi connectivity index (χ2v) is 2.84. The fourth-order valence-corrected chi connectivity index (χ4v) is 1.49. The SMILES string of the molecule is OCCN1NCc2ccccc21. The van der Waals surface area contributed by atoms with Crippen molar-refractivity contribution in [1.29, 1.82) is 0 Å². The molecule has 3 nitrogen and oxygen atoms in total. The summed E-state index contributed by atoms with van der Waals surface area (Å²) in [6.45, 7) is 1.70. The van der Waals surface area contributed by atoms with E-state index in [1.807, 2.05) is 17.1 Å². The molecule has 1 aliphatic heterocycles. The molecule has 0 atom stereocenters. The molecule has 1 aliphatic rings. The summed E-state index contributed by atoms with van der Waals surface area (Å²) in [6.07, 6.45) is 0. The van der Waals surface area contributed by atoms with Gasteiger partial charge in [0.05, 0.1) is 18.8 Å². The molecule has 1 heterocycles. The molecule has 0 spiro atoms. The van der Waals surface area contributed by atoms with Crippen LogP contribution in [0.15, 0.2) is 24.3 Å². The molecular weight excluding hydrogens is 152 g/mol. The zero-order chi connectivity index (χ0) is 8.39. The molecule has 2 rings (SSSR count). The van der Waals surface area contributed by atoms with Crippen LogP contribution in [-0.2, 0) is 6.54 Å². The Morgan fingerprint density at radius 2 is 2.25 bits per heavy atom. The zero-order valence-corrected chi connectivity index (χ0v) is 6.83. The zero-order valence-electron chi connectivity index (χ0n) is 6.83. The normalized spacial score (nSPS) is 14.9. The average Bonchev–Trinajstić information content (AvgIpc) is 2.50. The number of nitrogens with zero attached hydrogens (tertiary/aromatic N) is 1. The lowest BCUT2D eigenvalue weighted by Crippen LogP contribution is -2.34. The number of anilines is 1. The minimum Gasteiger partial charge on any atom is -0.394 e. The van der Waals surface area contributed by atoms with Crippen LogP contribution in [0.2, 0.25) is 0 Å². The van der Waals surface area contributed by atoms with E-state index in [-0.39, 0.29) is 6.61 Å². The van der Waals surface area contributed by atoms with Crippen molar-refractivity contribution in [2.45, 2.75) is 6.54 Å². The van der Waals surface area contributed by atoms with E-state index in [2.05, 4.69) is 17.6 Å². The van der Waals surface area contributed by atoms with Gasteiger partial charge in [-0.1, -0.05) is 18.2 Å². The molecule has 0 aromatic heterocycles. The second-order valence-electron chi connectivity index (χ2n) is 2.84. The molecule has 0 saturated carbocycles. The molecule has 2 N–H and O–H groups in total. The fraction of sp³-hybridized carbons (Fsp3) is 0.333. The smallest absolute Gasteiger partial charge is 0.0622 e. The number of benzene rings is 1. The third-order valence-corrected chi connectivity index (χ3v) is 2.07. The summed E-state index contributed by atoms with van der Waals surface area (Å²) >= 11 is 0. The molecule has 12 heavy (non-hydrogen) atoms. The number of rotatable bonds is 2. The van der Waals surface area contributed by atoms with E-state index in [0.717, 1.165) is 6.54 Å². The van der Waals surface area contributed by atoms with Gasteiger partial charge < -0.3 is 10.1 Å². The van der Waals surface area contributed by atoms with Gasteiger partial charge in [-0.15, -0.1) is 0 Å². The van der Waals surface area contributed by atoms with Crippen LogP contribution in [0.25, 0.3) is 0 Å². The van der Waals surface area contributed by atoms with Crippen molar-refractivity contribution in [2.75, 3.05) is 18.2 Å². The lowest BCUT2D eigenvalue weighted by molar-refractivity contribution is 0.298. The van der Waals surface area contributed by atoms with E-state index in [1.54, 1.807) is 0 Å². The summed E-state index contributed by atoms with van der Waals surface area (Å²) in [6, 6.07) is 8.20. The first kappa shape index (κ1) is 7.58. The van der Waals surface area contributed by atoms with E-state index in [9.17, 15) is 0 Å². The molecule has 0 bridgehead atoms. The second kappa shape index (κ2) is 3.13. The van der Waals surface area contributed by atoms with Crippen molar-refractivity contribution in [3.8, 4) is 0 Å². The molecule has 0 aliphatic carbocycles. The van der Waals surface area contributed by atoms with Crippen LogP contribution in [0.5, 0.6) is 0 Å². The lowest BCUT2D eigenvalue weighted by atomic mass is 10.2. The van der Waals surface area contributed by atoms with Crippen molar-refractivity contribution in [3.63, 3.8) is 0 Å². The molecule has 0 amide bonds. The Morgan fingerprint density at radius 1 is 1.42 bits per heavy atom. The van der Waals surface area contributed by atoms with Crippen molar-refractivity contribution < 1.29 is 5.11 Å². The number of fused-ring (bicyclic) bond motifs is 1. The van der Waals surface area contributed by atoms with Crippen LogP contribution in [0.1, 0.15) is 5.56 Å². The largest absolute Gasteiger partial charge is 0.394 e. The standard InChI is InChI=1S/C9H12N2O/c12-6-5-11-9-4-2-1-3-8(9)7-10-11/h1-4,10,12H,5-7H2. The molecule has 3 heteroatoms. The number of para-hydroxylation sites is 1. The number of aliphatic hydroxyl groups excluding tert-OH is 1. The van der Waals surface area contributed by atoms with Crippen LogP contribution in [0.3, 0.4) is 0 Å². The highest BCUT2D eigenvalue weighted by molar-refractivity contribution is 5.55. The first-order chi connectivity index (χ1) is 5.92. The molecular formula is C9H12N2O. The van der Waals surface area contributed by atoms with Gasteiger partial charge in [0.1, 0.15) is 0 Å². The summed E-state index contributed by atoms with van der Waals surface area (Å²) in [4.78, 5) is 0. The number of aliphatic hydroxyl groups is 1. The topological polar surface area (TPSA) is 35.5 Å².